The number of ether oxygens (including phenoxy) is 1. The average molecular weight is 275 g/mol. The second-order valence-electron chi connectivity index (χ2n) is 3.16. The quantitative estimate of drug-likeness (QED) is 0.914. The van der Waals surface area contributed by atoms with Crippen molar-refractivity contribution in [2.45, 2.75) is 13.0 Å². The predicted octanol–water partition coefficient (Wildman–Crippen LogP) is 3.17. The van der Waals surface area contributed by atoms with Gasteiger partial charge < -0.3 is 9.84 Å². The van der Waals surface area contributed by atoms with Gasteiger partial charge in [0.2, 0.25) is 0 Å². The van der Waals surface area contributed by atoms with Crippen molar-refractivity contribution >= 4 is 15.9 Å². The number of hydrogen-bond acceptors (Lipinski definition) is 2. The van der Waals surface area contributed by atoms with Crippen LogP contribution in [0, 0.1) is 5.82 Å². The first-order valence-corrected chi connectivity index (χ1v) is 5.23. The predicted molar refractivity (Wildman–Crippen MR) is 60.6 cm³/mol. The van der Waals surface area contributed by atoms with Crippen LogP contribution in [0.3, 0.4) is 0 Å². The van der Waals surface area contributed by atoms with Crippen LogP contribution in [0.1, 0.15) is 18.6 Å². The Bertz CT molecular complexity index is 364. The summed E-state index contributed by atoms with van der Waals surface area (Å²) in [4.78, 5) is 0. The Labute approximate surface area is 96.5 Å². The normalized spacial score (nSPS) is 12.3. The van der Waals surface area contributed by atoms with Gasteiger partial charge in [0, 0.05) is 10.0 Å². The van der Waals surface area contributed by atoms with Crippen LogP contribution < -0.4 is 4.74 Å². The lowest BCUT2D eigenvalue weighted by Gasteiger charge is -2.12. The standard InChI is InChI=1S/C11H12BrFO2/c1-7(12)6-15-11-4-3-9(13)5-10(11)8(2)14/h3-5,8,14H,1,6H2,2H3/t8-/m1/s1. The highest BCUT2D eigenvalue weighted by Crippen LogP contribution is 2.26. The molecule has 4 heteroatoms. The van der Waals surface area contributed by atoms with Gasteiger partial charge in [-0.25, -0.2) is 4.39 Å². The SMILES string of the molecule is C=C(Br)COc1ccc(F)cc1[C@@H](C)O. The molecule has 1 aromatic rings. The monoisotopic (exact) mass is 274 g/mol. The number of benzene rings is 1. The molecule has 0 fully saturated rings. The fourth-order valence-electron chi connectivity index (χ4n) is 1.13. The highest BCUT2D eigenvalue weighted by atomic mass is 79.9. The second-order valence-corrected chi connectivity index (χ2v) is 4.29. The van der Waals surface area contributed by atoms with Crippen molar-refractivity contribution in [1.82, 2.24) is 0 Å². The van der Waals surface area contributed by atoms with Crippen molar-refractivity contribution in [3.63, 3.8) is 0 Å². The smallest absolute Gasteiger partial charge is 0.125 e. The minimum atomic E-state index is -0.765. The molecule has 0 spiro atoms. The molecule has 2 nitrogen and oxygen atoms in total. The maximum absolute atomic E-state index is 12.9. The van der Waals surface area contributed by atoms with Gasteiger partial charge in [0.25, 0.3) is 0 Å². The molecule has 0 radical (unpaired) electrons. The van der Waals surface area contributed by atoms with E-state index < -0.39 is 11.9 Å². The van der Waals surface area contributed by atoms with Gasteiger partial charge in [0.15, 0.2) is 0 Å². The van der Waals surface area contributed by atoms with Crippen molar-refractivity contribution in [3.8, 4) is 5.75 Å². The maximum atomic E-state index is 12.9. The van der Waals surface area contributed by atoms with Crippen molar-refractivity contribution < 1.29 is 14.2 Å². The van der Waals surface area contributed by atoms with E-state index in [9.17, 15) is 9.50 Å². The number of aliphatic hydroxyl groups is 1. The third-order valence-corrected chi connectivity index (χ3v) is 2.04. The maximum Gasteiger partial charge on any atom is 0.125 e. The highest BCUT2D eigenvalue weighted by Gasteiger charge is 2.10. The van der Waals surface area contributed by atoms with Crippen LogP contribution in [0.2, 0.25) is 0 Å². The molecule has 0 aliphatic rings. The lowest BCUT2D eigenvalue weighted by atomic mass is 10.1. The molecule has 15 heavy (non-hydrogen) atoms. The van der Waals surface area contributed by atoms with E-state index in [2.05, 4.69) is 22.5 Å². The Hall–Kier alpha value is -0.870. The molecule has 1 rings (SSSR count). The fourth-order valence-corrected chi connectivity index (χ4v) is 1.25. The minimum absolute atomic E-state index is 0.283. The molecular weight excluding hydrogens is 263 g/mol. The topological polar surface area (TPSA) is 29.5 Å². The third-order valence-electron chi connectivity index (χ3n) is 1.81. The zero-order valence-corrected chi connectivity index (χ0v) is 9.92. The van der Waals surface area contributed by atoms with Crippen LogP contribution in [0.15, 0.2) is 29.3 Å². The molecule has 0 saturated heterocycles. The van der Waals surface area contributed by atoms with E-state index in [0.717, 1.165) is 0 Å². The summed E-state index contributed by atoms with van der Waals surface area (Å²) in [7, 11) is 0. The van der Waals surface area contributed by atoms with Crippen LogP contribution in [0.4, 0.5) is 4.39 Å². The molecule has 82 valence electrons. The van der Waals surface area contributed by atoms with Crippen LogP contribution in [0.25, 0.3) is 0 Å². The van der Waals surface area contributed by atoms with E-state index in [1.807, 2.05) is 0 Å². The molecule has 0 aliphatic heterocycles. The third kappa shape index (κ3) is 3.64. The minimum Gasteiger partial charge on any atom is -0.488 e. The molecular formula is C11H12BrFO2. The first kappa shape index (κ1) is 12.2. The van der Waals surface area contributed by atoms with Crippen LogP contribution >= 0.6 is 15.9 Å². The zero-order chi connectivity index (χ0) is 11.4. The zero-order valence-electron chi connectivity index (χ0n) is 8.34. The first-order valence-electron chi connectivity index (χ1n) is 4.44. The summed E-state index contributed by atoms with van der Waals surface area (Å²) >= 11 is 3.15. The lowest BCUT2D eigenvalue weighted by Crippen LogP contribution is -2.02. The van der Waals surface area contributed by atoms with Crippen LogP contribution in [-0.2, 0) is 0 Å². The summed E-state index contributed by atoms with van der Waals surface area (Å²) in [5.41, 5.74) is 0.434. The molecule has 1 aromatic carbocycles. The van der Waals surface area contributed by atoms with Crippen LogP contribution in [-0.4, -0.2) is 11.7 Å². The first-order chi connectivity index (χ1) is 7.00. The van der Waals surface area contributed by atoms with Gasteiger partial charge in [-0.1, -0.05) is 22.5 Å². The van der Waals surface area contributed by atoms with Gasteiger partial charge in [0.05, 0.1) is 6.10 Å². The molecule has 0 aromatic heterocycles. The van der Waals surface area contributed by atoms with Gasteiger partial charge in [-0.3, -0.25) is 0 Å². The van der Waals surface area contributed by atoms with E-state index in [4.69, 9.17) is 4.74 Å². The summed E-state index contributed by atoms with van der Waals surface area (Å²) in [6, 6.07) is 4.04. The molecule has 0 unspecified atom stereocenters. The molecule has 0 aliphatic carbocycles. The molecule has 0 saturated carbocycles. The number of aliphatic hydroxyl groups excluding tert-OH is 1. The Morgan fingerprint density at radius 2 is 2.33 bits per heavy atom. The Morgan fingerprint density at radius 1 is 1.67 bits per heavy atom. The lowest BCUT2D eigenvalue weighted by molar-refractivity contribution is 0.192. The molecule has 1 N–H and O–H groups in total. The van der Waals surface area contributed by atoms with Crippen molar-refractivity contribution in [1.29, 1.82) is 0 Å². The molecule has 0 bridgehead atoms. The van der Waals surface area contributed by atoms with Gasteiger partial charge in [-0.05, 0) is 25.1 Å². The van der Waals surface area contributed by atoms with E-state index >= 15 is 0 Å². The van der Waals surface area contributed by atoms with E-state index in [1.165, 1.54) is 18.2 Å². The van der Waals surface area contributed by atoms with Gasteiger partial charge >= 0.3 is 0 Å². The fraction of sp³-hybridized carbons (Fsp3) is 0.273. The van der Waals surface area contributed by atoms with Crippen molar-refractivity contribution in [3.05, 3.63) is 40.6 Å². The van der Waals surface area contributed by atoms with E-state index in [0.29, 0.717) is 15.8 Å². The van der Waals surface area contributed by atoms with Gasteiger partial charge in [0.1, 0.15) is 18.2 Å². The molecule has 1 atom stereocenters. The number of hydrogen-bond donors (Lipinski definition) is 1. The number of rotatable bonds is 4. The summed E-state index contributed by atoms with van der Waals surface area (Å²) in [5, 5.41) is 9.41. The Balaban J connectivity index is 2.90. The van der Waals surface area contributed by atoms with Crippen molar-refractivity contribution in [2.75, 3.05) is 6.61 Å². The van der Waals surface area contributed by atoms with Crippen LogP contribution in [0.5, 0.6) is 5.75 Å². The summed E-state index contributed by atoms with van der Waals surface area (Å²) < 4.78 is 18.9. The van der Waals surface area contributed by atoms with E-state index in [1.54, 1.807) is 6.92 Å². The largest absolute Gasteiger partial charge is 0.488 e. The summed E-state index contributed by atoms with van der Waals surface area (Å²) in [5.74, 6) is 0.0721. The molecule has 0 heterocycles. The molecule has 0 amide bonds. The second kappa shape index (κ2) is 5.28. The van der Waals surface area contributed by atoms with Gasteiger partial charge in [-0.2, -0.15) is 0 Å². The average Bonchev–Trinajstić information content (AvgIpc) is 2.15. The van der Waals surface area contributed by atoms with Gasteiger partial charge in [-0.15, -0.1) is 0 Å². The van der Waals surface area contributed by atoms with Crippen molar-refractivity contribution in [2.24, 2.45) is 0 Å². The summed E-state index contributed by atoms with van der Waals surface area (Å²) in [6.07, 6.45) is -0.765. The summed E-state index contributed by atoms with van der Waals surface area (Å²) in [6.45, 7) is 5.46. The number of halogens is 2. The van der Waals surface area contributed by atoms with E-state index in [-0.39, 0.29) is 6.61 Å². The Morgan fingerprint density at radius 3 is 2.87 bits per heavy atom. The Kier molecular flexibility index (Phi) is 4.29. The highest BCUT2D eigenvalue weighted by molar-refractivity contribution is 9.11.